The Bertz CT molecular complexity index is 587. The molecule has 0 fully saturated rings. The molecule has 0 aliphatic carbocycles. The van der Waals surface area contributed by atoms with E-state index < -0.39 is 0 Å². The standard InChI is InChI=1S/C10H7N5/c1-2-4-8(5-3-1)9-6-11-10-7-12-14-15(10)13-9/h1-7H. The van der Waals surface area contributed by atoms with Gasteiger partial charge in [-0.25, -0.2) is 4.98 Å². The van der Waals surface area contributed by atoms with Gasteiger partial charge in [0.05, 0.1) is 12.4 Å². The van der Waals surface area contributed by atoms with Crippen molar-refractivity contribution in [1.29, 1.82) is 0 Å². The number of fused-ring (bicyclic) bond motifs is 1. The molecule has 5 nitrogen and oxygen atoms in total. The van der Waals surface area contributed by atoms with Crippen molar-refractivity contribution < 1.29 is 0 Å². The van der Waals surface area contributed by atoms with Gasteiger partial charge in [0, 0.05) is 5.56 Å². The van der Waals surface area contributed by atoms with Crippen LogP contribution in [0, 0.1) is 0 Å². The molecule has 0 bridgehead atoms. The number of rotatable bonds is 1. The maximum atomic E-state index is 4.29. The van der Waals surface area contributed by atoms with E-state index in [9.17, 15) is 0 Å². The molecule has 0 saturated carbocycles. The third-order valence-corrected chi connectivity index (χ3v) is 2.11. The lowest BCUT2D eigenvalue weighted by molar-refractivity contribution is 0.736. The molecule has 15 heavy (non-hydrogen) atoms. The molecule has 0 saturated heterocycles. The Hall–Kier alpha value is -2.30. The van der Waals surface area contributed by atoms with E-state index in [1.807, 2.05) is 30.3 Å². The van der Waals surface area contributed by atoms with Crippen molar-refractivity contribution in [2.45, 2.75) is 0 Å². The van der Waals surface area contributed by atoms with Crippen LogP contribution < -0.4 is 0 Å². The van der Waals surface area contributed by atoms with Gasteiger partial charge in [0.15, 0.2) is 5.65 Å². The van der Waals surface area contributed by atoms with Crippen molar-refractivity contribution in [3.05, 3.63) is 42.7 Å². The molecule has 0 atom stereocenters. The third-order valence-electron chi connectivity index (χ3n) is 2.11. The molecule has 5 heteroatoms. The maximum absolute atomic E-state index is 4.29. The SMILES string of the molecule is c1ccc(-c2cnc3cnnn3n2)cc1. The number of aromatic nitrogens is 5. The zero-order valence-electron chi connectivity index (χ0n) is 7.78. The fourth-order valence-corrected chi connectivity index (χ4v) is 1.38. The fourth-order valence-electron chi connectivity index (χ4n) is 1.38. The monoisotopic (exact) mass is 197 g/mol. The quantitative estimate of drug-likeness (QED) is 0.588. The maximum Gasteiger partial charge on any atom is 0.196 e. The highest BCUT2D eigenvalue weighted by Gasteiger charge is 2.02. The minimum absolute atomic E-state index is 0.648. The van der Waals surface area contributed by atoms with Gasteiger partial charge in [-0.15, -0.1) is 14.8 Å². The van der Waals surface area contributed by atoms with E-state index in [1.165, 1.54) is 4.63 Å². The van der Waals surface area contributed by atoms with Crippen LogP contribution in [0.1, 0.15) is 0 Å². The van der Waals surface area contributed by atoms with E-state index in [2.05, 4.69) is 20.4 Å². The van der Waals surface area contributed by atoms with Gasteiger partial charge in [0.25, 0.3) is 0 Å². The smallest absolute Gasteiger partial charge is 0.196 e. The Labute approximate surface area is 85.4 Å². The van der Waals surface area contributed by atoms with Gasteiger partial charge >= 0.3 is 0 Å². The Balaban J connectivity index is 2.19. The Morgan fingerprint density at radius 3 is 2.73 bits per heavy atom. The summed E-state index contributed by atoms with van der Waals surface area (Å²) in [7, 11) is 0. The lowest BCUT2D eigenvalue weighted by Gasteiger charge is -1.98. The Morgan fingerprint density at radius 1 is 1.00 bits per heavy atom. The molecule has 0 amide bonds. The summed E-state index contributed by atoms with van der Waals surface area (Å²) in [6, 6.07) is 9.84. The van der Waals surface area contributed by atoms with Crippen molar-refractivity contribution in [3.63, 3.8) is 0 Å². The first-order valence-electron chi connectivity index (χ1n) is 4.53. The predicted octanol–water partition coefficient (Wildman–Crippen LogP) is 1.19. The molecule has 0 radical (unpaired) electrons. The fraction of sp³-hybridized carbons (Fsp3) is 0. The van der Waals surface area contributed by atoms with Crippen molar-refractivity contribution in [3.8, 4) is 11.3 Å². The summed E-state index contributed by atoms with van der Waals surface area (Å²) in [5.41, 5.74) is 2.45. The van der Waals surface area contributed by atoms with Crippen LogP contribution in [0.3, 0.4) is 0 Å². The van der Waals surface area contributed by atoms with E-state index >= 15 is 0 Å². The van der Waals surface area contributed by atoms with Crippen molar-refractivity contribution in [1.82, 2.24) is 25.0 Å². The number of hydrogen-bond acceptors (Lipinski definition) is 4. The first-order valence-corrected chi connectivity index (χ1v) is 4.53. The minimum atomic E-state index is 0.648. The first-order chi connectivity index (χ1) is 7.43. The molecule has 0 spiro atoms. The van der Waals surface area contributed by atoms with Crippen LogP contribution in [0.25, 0.3) is 16.9 Å². The van der Waals surface area contributed by atoms with Crippen LogP contribution >= 0.6 is 0 Å². The molecular formula is C10H7N5. The molecule has 72 valence electrons. The van der Waals surface area contributed by atoms with Crippen molar-refractivity contribution in [2.75, 3.05) is 0 Å². The van der Waals surface area contributed by atoms with E-state index in [1.54, 1.807) is 12.4 Å². The van der Waals surface area contributed by atoms with Crippen molar-refractivity contribution >= 4 is 5.65 Å². The van der Waals surface area contributed by atoms with Gasteiger partial charge in [0.2, 0.25) is 0 Å². The summed E-state index contributed by atoms with van der Waals surface area (Å²) in [6.07, 6.45) is 3.29. The van der Waals surface area contributed by atoms with Crippen LogP contribution in [-0.4, -0.2) is 25.0 Å². The average Bonchev–Trinajstić information content (AvgIpc) is 2.77. The van der Waals surface area contributed by atoms with Gasteiger partial charge in [-0.3, -0.25) is 0 Å². The molecule has 2 heterocycles. The predicted molar refractivity (Wildman–Crippen MR) is 54.0 cm³/mol. The Morgan fingerprint density at radius 2 is 1.87 bits per heavy atom. The summed E-state index contributed by atoms with van der Waals surface area (Å²) >= 11 is 0. The number of nitrogens with zero attached hydrogens (tertiary/aromatic N) is 5. The second kappa shape index (κ2) is 3.13. The van der Waals surface area contributed by atoms with Crippen LogP contribution in [-0.2, 0) is 0 Å². The summed E-state index contributed by atoms with van der Waals surface area (Å²) in [6.45, 7) is 0. The zero-order chi connectivity index (χ0) is 10.1. The molecule has 3 aromatic rings. The topological polar surface area (TPSA) is 56.0 Å². The van der Waals surface area contributed by atoms with Gasteiger partial charge in [-0.05, 0) is 5.21 Å². The lowest BCUT2D eigenvalue weighted by atomic mass is 10.2. The van der Waals surface area contributed by atoms with Crippen molar-refractivity contribution in [2.24, 2.45) is 0 Å². The molecule has 0 aliphatic rings. The van der Waals surface area contributed by atoms with E-state index in [4.69, 9.17) is 0 Å². The highest BCUT2D eigenvalue weighted by atomic mass is 15.5. The molecule has 3 rings (SSSR count). The summed E-state index contributed by atoms with van der Waals surface area (Å²) in [5.74, 6) is 0. The lowest BCUT2D eigenvalue weighted by Crippen LogP contribution is -1.98. The van der Waals surface area contributed by atoms with Gasteiger partial charge in [-0.1, -0.05) is 30.3 Å². The second-order valence-electron chi connectivity index (χ2n) is 3.09. The molecule has 2 aromatic heterocycles. The van der Waals surface area contributed by atoms with Crippen LogP contribution in [0.4, 0.5) is 0 Å². The highest BCUT2D eigenvalue weighted by molar-refractivity contribution is 5.57. The van der Waals surface area contributed by atoms with Gasteiger partial charge < -0.3 is 0 Å². The summed E-state index contributed by atoms with van der Waals surface area (Å²) < 4.78 is 1.42. The average molecular weight is 197 g/mol. The van der Waals surface area contributed by atoms with Crippen LogP contribution in [0.15, 0.2) is 42.7 Å². The van der Waals surface area contributed by atoms with Gasteiger partial charge in [-0.2, -0.15) is 0 Å². The third kappa shape index (κ3) is 1.34. The largest absolute Gasteiger partial charge is 0.232 e. The normalized spacial score (nSPS) is 10.7. The molecule has 0 aliphatic heterocycles. The molecule has 0 N–H and O–H groups in total. The molecule has 1 aromatic carbocycles. The first kappa shape index (κ1) is 8.05. The molecular weight excluding hydrogens is 190 g/mol. The number of hydrogen-bond donors (Lipinski definition) is 0. The summed E-state index contributed by atoms with van der Waals surface area (Å²) in [5, 5.41) is 11.8. The Kier molecular flexibility index (Phi) is 1.68. The highest BCUT2D eigenvalue weighted by Crippen LogP contribution is 2.14. The number of benzene rings is 1. The van der Waals surface area contributed by atoms with E-state index in [0.717, 1.165) is 11.3 Å². The minimum Gasteiger partial charge on any atom is -0.232 e. The zero-order valence-corrected chi connectivity index (χ0v) is 7.78. The summed E-state index contributed by atoms with van der Waals surface area (Å²) in [4.78, 5) is 4.19. The van der Waals surface area contributed by atoms with Gasteiger partial charge in [0.1, 0.15) is 5.69 Å². The molecule has 0 unspecified atom stereocenters. The van der Waals surface area contributed by atoms with Crippen LogP contribution in [0.2, 0.25) is 0 Å². The van der Waals surface area contributed by atoms with E-state index in [-0.39, 0.29) is 0 Å². The van der Waals surface area contributed by atoms with Crippen LogP contribution in [0.5, 0.6) is 0 Å². The second-order valence-corrected chi connectivity index (χ2v) is 3.09. The van der Waals surface area contributed by atoms with E-state index in [0.29, 0.717) is 5.65 Å².